The third kappa shape index (κ3) is 7.75. The Morgan fingerprint density at radius 2 is 1.79 bits per heavy atom. The highest BCUT2D eigenvalue weighted by Crippen LogP contribution is 2.36. The minimum absolute atomic E-state index is 0.0343. The maximum atomic E-state index is 13.1. The minimum Gasteiger partial charge on any atom is -0.406 e. The van der Waals surface area contributed by atoms with E-state index in [9.17, 15) is 18.0 Å². The van der Waals surface area contributed by atoms with E-state index in [1.165, 1.54) is 25.3 Å². The molecule has 39 heavy (non-hydrogen) atoms. The number of carbonyl (C=O) groups excluding carboxylic acids is 1. The van der Waals surface area contributed by atoms with Crippen molar-refractivity contribution in [3.63, 3.8) is 0 Å². The highest BCUT2D eigenvalue weighted by Gasteiger charge is 2.33. The summed E-state index contributed by atoms with van der Waals surface area (Å²) in [6, 6.07) is 9.88. The van der Waals surface area contributed by atoms with Crippen molar-refractivity contribution in [2.45, 2.75) is 20.0 Å². The van der Waals surface area contributed by atoms with Gasteiger partial charge in [-0.05, 0) is 49.5 Å². The van der Waals surface area contributed by atoms with E-state index >= 15 is 0 Å². The van der Waals surface area contributed by atoms with Gasteiger partial charge in [0.05, 0.1) is 22.5 Å². The SMILES string of the molecule is CC(=O)Oc1cc(Nc2cc(C)nc(Nc3ccc(NC(=S)Nc4ccc(Cl)c(C(F)(F)F)c4)nc3)n2)[nH]n1. The number of halogens is 4. The molecule has 5 N–H and O–H groups in total. The number of H-pyrrole nitrogens is 1. The van der Waals surface area contributed by atoms with Crippen LogP contribution >= 0.6 is 23.8 Å². The van der Waals surface area contributed by atoms with E-state index in [1.54, 1.807) is 25.1 Å². The van der Waals surface area contributed by atoms with E-state index in [0.29, 0.717) is 28.8 Å². The molecule has 0 atom stereocenters. The molecule has 4 aromatic rings. The molecule has 1 aromatic carbocycles. The van der Waals surface area contributed by atoms with Crippen LogP contribution in [0.15, 0.2) is 48.7 Å². The number of hydrogen-bond donors (Lipinski definition) is 5. The van der Waals surface area contributed by atoms with Crippen LogP contribution in [0.2, 0.25) is 5.02 Å². The number of carbonyl (C=O) groups is 1. The molecule has 0 aliphatic rings. The first-order chi connectivity index (χ1) is 18.4. The first-order valence-electron chi connectivity index (χ1n) is 11.0. The number of nitrogens with zero attached hydrogens (tertiary/aromatic N) is 4. The number of rotatable bonds is 7. The fourth-order valence-corrected chi connectivity index (χ4v) is 3.61. The summed E-state index contributed by atoms with van der Waals surface area (Å²) in [4.78, 5) is 24.0. The molecule has 4 rings (SSSR count). The molecule has 16 heteroatoms. The number of thiocarbonyl (C=S) groups is 1. The van der Waals surface area contributed by atoms with Gasteiger partial charge < -0.3 is 26.0 Å². The summed E-state index contributed by atoms with van der Waals surface area (Å²) in [6.45, 7) is 3.06. The molecular weight excluding hydrogens is 559 g/mol. The zero-order chi connectivity index (χ0) is 28.2. The Kier molecular flexibility index (Phi) is 8.11. The van der Waals surface area contributed by atoms with Gasteiger partial charge in [0.2, 0.25) is 11.8 Å². The van der Waals surface area contributed by atoms with Gasteiger partial charge in [0.25, 0.3) is 0 Å². The van der Waals surface area contributed by atoms with Crippen molar-refractivity contribution >= 4 is 69.7 Å². The van der Waals surface area contributed by atoms with Crippen LogP contribution in [-0.2, 0) is 11.0 Å². The molecular formula is C23H19ClF3N9O2S. The highest BCUT2D eigenvalue weighted by atomic mass is 35.5. The van der Waals surface area contributed by atoms with Gasteiger partial charge in [0.1, 0.15) is 17.5 Å². The normalized spacial score (nSPS) is 11.0. The summed E-state index contributed by atoms with van der Waals surface area (Å²) in [5, 5.41) is 17.7. The van der Waals surface area contributed by atoms with Gasteiger partial charge in [0, 0.05) is 30.4 Å². The smallest absolute Gasteiger partial charge is 0.406 e. The van der Waals surface area contributed by atoms with Crippen molar-refractivity contribution in [1.29, 1.82) is 0 Å². The highest BCUT2D eigenvalue weighted by molar-refractivity contribution is 7.80. The second-order valence-electron chi connectivity index (χ2n) is 7.89. The van der Waals surface area contributed by atoms with E-state index in [2.05, 4.69) is 46.4 Å². The third-order valence-corrected chi connectivity index (χ3v) is 5.24. The summed E-state index contributed by atoms with van der Waals surface area (Å²) >= 11 is 10.8. The molecule has 0 aliphatic heterocycles. The van der Waals surface area contributed by atoms with Gasteiger partial charge in [-0.3, -0.25) is 9.89 Å². The predicted octanol–water partition coefficient (Wildman–Crippen LogP) is 5.80. The lowest BCUT2D eigenvalue weighted by molar-refractivity contribution is -0.137. The Morgan fingerprint density at radius 1 is 1.03 bits per heavy atom. The number of anilines is 6. The van der Waals surface area contributed by atoms with Crippen molar-refractivity contribution in [2.75, 3.05) is 21.3 Å². The number of benzene rings is 1. The molecule has 3 heterocycles. The average Bonchev–Trinajstić information content (AvgIpc) is 3.26. The molecule has 0 fully saturated rings. The zero-order valence-corrected chi connectivity index (χ0v) is 21.7. The fraction of sp³-hybridized carbons (Fsp3) is 0.130. The molecule has 0 radical (unpaired) electrons. The Morgan fingerprint density at radius 3 is 2.49 bits per heavy atom. The van der Waals surface area contributed by atoms with Gasteiger partial charge in [-0.25, -0.2) is 9.97 Å². The summed E-state index contributed by atoms with van der Waals surface area (Å²) in [5.41, 5.74) is 0.357. The molecule has 0 saturated carbocycles. The van der Waals surface area contributed by atoms with Crippen LogP contribution in [0, 0.1) is 6.92 Å². The lowest BCUT2D eigenvalue weighted by Gasteiger charge is -2.14. The largest absolute Gasteiger partial charge is 0.417 e. The maximum absolute atomic E-state index is 13.1. The van der Waals surface area contributed by atoms with Crippen LogP contribution in [0.25, 0.3) is 0 Å². The van der Waals surface area contributed by atoms with Crippen LogP contribution < -0.4 is 26.0 Å². The molecule has 0 saturated heterocycles. The van der Waals surface area contributed by atoms with E-state index in [-0.39, 0.29) is 22.6 Å². The van der Waals surface area contributed by atoms with Crippen molar-refractivity contribution in [3.8, 4) is 5.88 Å². The standard InChI is InChI=1S/C23H19ClF3N9O2S/c1-11-7-18(32-19-9-20(36-35-19)38-12(2)37)33-21(29-11)30-14-4-6-17(28-10-14)34-22(39)31-13-3-5-16(24)15(8-13)23(25,26)27/h3-10H,1-2H3,(H2,28,31,34,39)(H3,29,30,32,33,35,36). The molecule has 0 spiro atoms. The Bertz CT molecular complexity index is 1510. The van der Waals surface area contributed by atoms with Gasteiger partial charge in [-0.1, -0.05) is 11.6 Å². The lowest BCUT2D eigenvalue weighted by Crippen LogP contribution is -2.20. The molecule has 3 aromatic heterocycles. The molecule has 0 amide bonds. The van der Waals surface area contributed by atoms with Crippen molar-refractivity contribution < 1.29 is 22.7 Å². The zero-order valence-electron chi connectivity index (χ0n) is 20.1. The van der Waals surface area contributed by atoms with Crippen LogP contribution in [0.4, 0.5) is 47.9 Å². The van der Waals surface area contributed by atoms with E-state index < -0.39 is 22.7 Å². The lowest BCUT2D eigenvalue weighted by atomic mass is 10.2. The van der Waals surface area contributed by atoms with Crippen molar-refractivity contribution in [1.82, 2.24) is 25.1 Å². The van der Waals surface area contributed by atoms with Gasteiger partial charge in [-0.15, -0.1) is 5.10 Å². The topological polar surface area (TPSA) is 142 Å². The number of aromatic nitrogens is 5. The number of hydrogen-bond acceptors (Lipinski definition) is 9. The van der Waals surface area contributed by atoms with Crippen LogP contribution in [0.3, 0.4) is 0 Å². The summed E-state index contributed by atoms with van der Waals surface area (Å²) < 4.78 is 44.1. The second kappa shape index (κ2) is 11.5. The number of pyridine rings is 1. The van der Waals surface area contributed by atoms with Gasteiger partial charge in [-0.2, -0.15) is 18.2 Å². The molecule has 202 valence electrons. The Balaban J connectivity index is 1.37. The number of esters is 1. The van der Waals surface area contributed by atoms with Crippen LogP contribution in [-0.4, -0.2) is 36.2 Å². The Hall–Kier alpha value is -4.50. The average molecular weight is 578 g/mol. The number of alkyl halides is 3. The molecule has 0 aliphatic carbocycles. The third-order valence-electron chi connectivity index (χ3n) is 4.71. The first kappa shape index (κ1) is 27.5. The van der Waals surface area contributed by atoms with Gasteiger partial charge >= 0.3 is 12.1 Å². The summed E-state index contributed by atoms with van der Waals surface area (Å²) in [5.74, 6) is 1.14. The number of aryl methyl sites for hydroxylation is 1. The van der Waals surface area contributed by atoms with E-state index in [0.717, 1.165) is 12.1 Å². The fourth-order valence-electron chi connectivity index (χ4n) is 3.16. The maximum Gasteiger partial charge on any atom is 0.417 e. The summed E-state index contributed by atoms with van der Waals surface area (Å²) in [6.07, 6.45) is -3.10. The van der Waals surface area contributed by atoms with Gasteiger partial charge in [0.15, 0.2) is 5.11 Å². The van der Waals surface area contributed by atoms with Crippen molar-refractivity contribution in [2.24, 2.45) is 0 Å². The Labute approximate surface area is 229 Å². The number of aromatic amines is 1. The summed E-state index contributed by atoms with van der Waals surface area (Å²) in [7, 11) is 0. The molecule has 0 unspecified atom stereocenters. The van der Waals surface area contributed by atoms with Crippen molar-refractivity contribution in [3.05, 3.63) is 64.9 Å². The second-order valence-corrected chi connectivity index (χ2v) is 8.70. The van der Waals surface area contributed by atoms with E-state index in [1.807, 2.05) is 0 Å². The predicted molar refractivity (Wildman–Crippen MR) is 144 cm³/mol. The number of ether oxygens (including phenoxy) is 1. The molecule has 11 nitrogen and oxygen atoms in total. The quantitative estimate of drug-likeness (QED) is 0.134. The first-order valence-corrected chi connectivity index (χ1v) is 11.8. The number of nitrogens with one attached hydrogen (secondary N) is 5. The van der Waals surface area contributed by atoms with Crippen LogP contribution in [0.1, 0.15) is 18.2 Å². The van der Waals surface area contributed by atoms with Crippen LogP contribution in [0.5, 0.6) is 5.88 Å². The monoisotopic (exact) mass is 577 g/mol. The minimum atomic E-state index is -4.60. The van der Waals surface area contributed by atoms with E-state index in [4.69, 9.17) is 28.6 Å². The molecule has 0 bridgehead atoms.